The summed E-state index contributed by atoms with van der Waals surface area (Å²) in [7, 11) is 1.45. The summed E-state index contributed by atoms with van der Waals surface area (Å²) in [5, 5.41) is 5.77. The van der Waals surface area contributed by atoms with Crippen molar-refractivity contribution in [1.82, 2.24) is 20.2 Å². The Labute approximate surface area is 130 Å². The summed E-state index contributed by atoms with van der Waals surface area (Å²) in [6.45, 7) is 0. The summed E-state index contributed by atoms with van der Waals surface area (Å²) in [6, 6.07) is 6.79. The second-order valence-corrected chi connectivity index (χ2v) is 5.35. The minimum absolute atomic E-state index is 0.0883. The number of benzene rings is 1. The molecule has 0 saturated carbocycles. The third kappa shape index (κ3) is 4.24. The van der Waals surface area contributed by atoms with Crippen LogP contribution in [0.2, 0.25) is 5.02 Å². The largest absolute Gasteiger partial charge is 0.341 e. The maximum absolute atomic E-state index is 11.6. The first-order valence-electron chi connectivity index (χ1n) is 6.04. The highest BCUT2D eigenvalue weighted by Gasteiger charge is 2.10. The smallest absolute Gasteiger partial charge is 0.321 e. The lowest BCUT2D eigenvalue weighted by molar-refractivity contribution is -0.117. The van der Waals surface area contributed by atoms with E-state index in [-0.39, 0.29) is 11.7 Å². The molecule has 2 aromatic rings. The highest BCUT2D eigenvalue weighted by molar-refractivity contribution is 7.99. The van der Waals surface area contributed by atoms with Crippen molar-refractivity contribution >= 4 is 35.3 Å². The van der Waals surface area contributed by atoms with Crippen LogP contribution in [-0.4, -0.2) is 34.3 Å². The summed E-state index contributed by atoms with van der Waals surface area (Å²) in [5.74, 6) is -0.301. The fraction of sp³-hybridized carbons (Fsp3) is 0.154. The Morgan fingerprint density at radius 2 is 2.24 bits per heavy atom. The molecule has 0 spiro atoms. The fourth-order valence-corrected chi connectivity index (χ4v) is 2.53. The lowest BCUT2D eigenvalue weighted by Crippen LogP contribution is -2.38. The van der Waals surface area contributed by atoms with Gasteiger partial charge in [-0.2, -0.15) is 0 Å². The maximum atomic E-state index is 11.6. The molecule has 2 N–H and O–H groups in total. The van der Waals surface area contributed by atoms with Gasteiger partial charge in [0.15, 0.2) is 5.16 Å². The zero-order chi connectivity index (χ0) is 15.2. The normalized spacial score (nSPS) is 10.2. The Morgan fingerprint density at radius 1 is 1.43 bits per heavy atom. The van der Waals surface area contributed by atoms with Gasteiger partial charge in [-0.25, -0.2) is 9.78 Å². The fourth-order valence-electron chi connectivity index (χ4n) is 1.57. The number of thioether (sulfide) groups is 1. The summed E-state index contributed by atoms with van der Waals surface area (Å²) in [5.41, 5.74) is 0.856. The standard InChI is InChI=1S/C13H13ClN4O2S/c1-15-12(20)17-11(19)8-21-13-16-5-6-18(13)10-4-2-3-9(14)7-10/h2-7H,8H2,1H3,(H2,15,17,19,20). The minimum atomic E-state index is -0.529. The van der Waals surface area contributed by atoms with Crippen molar-refractivity contribution in [2.24, 2.45) is 0 Å². The van der Waals surface area contributed by atoms with Gasteiger partial charge in [-0.3, -0.25) is 14.7 Å². The first kappa shape index (κ1) is 15.4. The van der Waals surface area contributed by atoms with Crippen molar-refractivity contribution < 1.29 is 9.59 Å². The monoisotopic (exact) mass is 324 g/mol. The topological polar surface area (TPSA) is 76.0 Å². The van der Waals surface area contributed by atoms with E-state index in [1.807, 2.05) is 16.7 Å². The van der Waals surface area contributed by atoms with Crippen molar-refractivity contribution in [3.8, 4) is 5.69 Å². The van der Waals surface area contributed by atoms with Gasteiger partial charge in [-0.15, -0.1) is 0 Å². The van der Waals surface area contributed by atoms with Crippen LogP contribution in [0.5, 0.6) is 0 Å². The van der Waals surface area contributed by atoms with Gasteiger partial charge in [-0.1, -0.05) is 29.4 Å². The van der Waals surface area contributed by atoms with Crippen LogP contribution in [0.25, 0.3) is 5.69 Å². The number of rotatable bonds is 4. The van der Waals surface area contributed by atoms with Gasteiger partial charge in [0.1, 0.15) is 0 Å². The molecule has 2 rings (SSSR count). The number of hydrogen-bond acceptors (Lipinski definition) is 4. The van der Waals surface area contributed by atoms with E-state index < -0.39 is 6.03 Å². The number of nitrogens with zero attached hydrogens (tertiary/aromatic N) is 2. The van der Waals surface area contributed by atoms with Gasteiger partial charge in [0.25, 0.3) is 0 Å². The Hall–Kier alpha value is -1.99. The molecule has 0 bridgehead atoms. The van der Waals surface area contributed by atoms with E-state index in [4.69, 9.17) is 11.6 Å². The average molecular weight is 325 g/mol. The van der Waals surface area contributed by atoms with Crippen molar-refractivity contribution in [1.29, 1.82) is 0 Å². The molecule has 1 aromatic heterocycles. The number of amides is 3. The van der Waals surface area contributed by atoms with Gasteiger partial charge in [-0.05, 0) is 18.2 Å². The molecule has 0 aliphatic heterocycles. The van der Waals surface area contributed by atoms with Crippen LogP contribution in [0.4, 0.5) is 4.79 Å². The molecule has 110 valence electrons. The molecular weight excluding hydrogens is 312 g/mol. The highest BCUT2D eigenvalue weighted by atomic mass is 35.5. The zero-order valence-electron chi connectivity index (χ0n) is 11.2. The van der Waals surface area contributed by atoms with Crippen LogP contribution in [0, 0.1) is 0 Å². The number of imidazole rings is 1. The van der Waals surface area contributed by atoms with Crippen molar-refractivity contribution in [2.45, 2.75) is 5.16 Å². The maximum Gasteiger partial charge on any atom is 0.321 e. The molecule has 0 aliphatic rings. The SMILES string of the molecule is CNC(=O)NC(=O)CSc1nccn1-c1cccc(Cl)c1. The van der Waals surface area contributed by atoms with E-state index in [1.54, 1.807) is 24.5 Å². The van der Waals surface area contributed by atoms with Gasteiger partial charge in [0.05, 0.1) is 5.75 Å². The van der Waals surface area contributed by atoms with Crippen LogP contribution < -0.4 is 10.6 Å². The summed E-state index contributed by atoms with van der Waals surface area (Å²) < 4.78 is 1.82. The number of urea groups is 1. The van der Waals surface area contributed by atoms with E-state index >= 15 is 0 Å². The third-order valence-corrected chi connectivity index (χ3v) is 3.71. The molecule has 3 amide bonds. The summed E-state index contributed by atoms with van der Waals surface area (Å²) in [4.78, 5) is 26.8. The third-order valence-electron chi connectivity index (χ3n) is 2.51. The number of hydrogen-bond donors (Lipinski definition) is 2. The average Bonchev–Trinajstić information content (AvgIpc) is 2.93. The van der Waals surface area contributed by atoms with Gasteiger partial charge < -0.3 is 5.32 Å². The Kier molecular flexibility index (Phi) is 5.24. The first-order valence-corrected chi connectivity index (χ1v) is 7.40. The first-order chi connectivity index (χ1) is 10.1. The quantitative estimate of drug-likeness (QED) is 0.844. The molecular formula is C13H13ClN4O2S. The lowest BCUT2D eigenvalue weighted by Gasteiger charge is -2.07. The summed E-state index contributed by atoms with van der Waals surface area (Å²) >= 11 is 7.20. The molecule has 0 fully saturated rings. The minimum Gasteiger partial charge on any atom is -0.341 e. The van der Waals surface area contributed by atoms with Crippen LogP contribution in [0.3, 0.4) is 0 Å². The zero-order valence-corrected chi connectivity index (χ0v) is 12.7. The van der Waals surface area contributed by atoms with E-state index in [0.29, 0.717) is 10.2 Å². The molecule has 1 aromatic carbocycles. The molecule has 0 unspecified atom stereocenters. The van der Waals surface area contributed by atoms with E-state index in [2.05, 4.69) is 15.6 Å². The van der Waals surface area contributed by atoms with Gasteiger partial charge in [0.2, 0.25) is 5.91 Å². The second kappa shape index (κ2) is 7.14. The van der Waals surface area contributed by atoms with Crippen LogP contribution in [0.1, 0.15) is 0 Å². The van der Waals surface area contributed by atoms with Gasteiger partial charge >= 0.3 is 6.03 Å². The second-order valence-electron chi connectivity index (χ2n) is 3.98. The predicted octanol–water partition coefficient (Wildman–Crippen LogP) is 2.07. The Morgan fingerprint density at radius 3 is 2.95 bits per heavy atom. The predicted molar refractivity (Wildman–Crippen MR) is 81.9 cm³/mol. The van der Waals surface area contributed by atoms with E-state index in [9.17, 15) is 9.59 Å². The number of aromatic nitrogens is 2. The molecule has 0 aliphatic carbocycles. The van der Waals surface area contributed by atoms with Crippen molar-refractivity contribution in [2.75, 3.05) is 12.8 Å². The number of halogens is 1. The van der Waals surface area contributed by atoms with Crippen LogP contribution in [-0.2, 0) is 4.79 Å². The Balaban J connectivity index is 2.04. The van der Waals surface area contributed by atoms with Crippen molar-refractivity contribution in [3.05, 3.63) is 41.7 Å². The van der Waals surface area contributed by atoms with Crippen LogP contribution in [0.15, 0.2) is 41.8 Å². The van der Waals surface area contributed by atoms with Crippen LogP contribution >= 0.6 is 23.4 Å². The molecule has 0 atom stereocenters. The van der Waals surface area contributed by atoms with Crippen molar-refractivity contribution in [3.63, 3.8) is 0 Å². The Bertz CT molecular complexity index is 659. The van der Waals surface area contributed by atoms with E-state index in [1.165, 1.54) is 18.8 Å². The molecule has 21 heavy (non-hydrogen) atoms. The highest BCUT2D eigenvalue weighted by Crippen LogP contribution is 2.22. The molecule has 6 nitrogen and oxygen atoms in total. The lowest BCUT2D eigenvalue weighted by atomic mass is 10.3. The number of carbonyl (C=O) groups is 2. The summed E-state index contributed by atoms with van der Waals surface area (Å²) in [6.07, 6.45) is 3.42. The molecule has 8 heteroatoms. The number of nitrogens with one attached hydrogen (secondary N) is 2. The number of imide groups is 1. The van der Waals surface area contributed by atoms with Gasteiger partial charge in [0, 0.05) is 30.2 Å². The molecule has 0 radical (unpaired) electrons. The molecule has 0 saturated heterocycles. The van der Waals surface area contributed by atoms with E-state index in [0.717, 1.165) is 5.69 Å². The number of carbonyl (C=O) groups excluding carboxylic acids is 2. The molecule has 1 heterocycles.